The van der Waals surface area contributed by atoms with E-state index in [0.717, 1.165) is 0 Å². The molecule has 21 heavy (non-hydrogen) atoms. The minimum atomic E-state index is -2.82. The summed E-state index contributed by atoms with van der Waals surface area (Å²) in [6.07, 6.45) is 1.45. The van der Waals surface area contributed by atoms with Crippen LogP contribution in [-0.2, 0) is 17.4 Å². The third-order valence-corrected chi connectivity index (χ3v) is 3.65. The molecule has 6 nitrogen and oxygen atoms in total. The molecule has 0 amide bonds. The first-order chi connectivity index (χ1) is 9.97. The Balaban J connectivity index is 2.35. The highest BCUT2D eigenvalue weighted by Crippen LogP contribution is 2.27. The standard InChI is InChI=1S/C11H9BrClFN4O2S/c12-7-5-15-11(13)18-10(7)17-9-3-1-2-8(14)6(9)4-16-21(19)20/h1-3,5,21H,4H2,(H,15,17,18)(H,16,19,20). The Bertz CT molecular complexity index is 736. The number of hydrogen-bond acceptors (Lipinski definition) is 5. The fraction of sp³-hybridized carbons (Fsp3) is 0.0909. The van der Waals surface area contributed by atoms with Crippen molar-refractivity contribution in [3.05, 3.63) is 45.5 Å². The third-order valence-electron chi connectivity index (χ3n) is 2.47. The molecular formula is C11H9BrClFN4O2S. The molecule has 0 aliphatic rings. The van der Waals surface area contributed by atoms with Gasteiger partial charge >= 0.3 is 0 Å². The van der Waals surface area contributed by atoms with Gasteiger partial charge in [-0.1, -0.05) is 6.07 Å². The number of rotatable bonds is 5. The number of aromatic nitrogens is 2. The van der Waals surface area contributed by atoms with Gasteiger partial charge in [0.15, 0.2) is 0 Å². The van der Waals surface area contributed by atoms with Crippen LogP contribution in [0.2, 0.25) is 5.28 Å². The predicted molar refractivity (Wildman–Crippen MR) is 81.6 cm³/mol. The van der Waals surface area contributed by atoms with Gasteiger partial charge in [-0.05, 0) is 39.7 Å². The number of thiol groups is 1. The Labute approximate surface area is 135 Å². The van der Waals surface area contributed by atoms with E-state index < -0.39 is 16.7 Å². The molecule has 2 N–H and O–H groups in total. The molecule has 0 aliphatic carbocycles. The fourth-order valence-corrected chi connectivity index (χ4v) is 2.27. The molecule has 1 aromatic heterocycles. The van der Waals surface area contributed by atoms with Crippen LogP contribution in [0.15, 0.2) is 28.9 Å². The lowest BCUT2D eigenvalue weighted by molar-refractivity contribution is 0.590. The van der Waals surface area contributed by atoms with E-state index >= 15 is 0 Å². The van der Waals surface area contributed by atoms with E-state index in [9.17, 15) is 12.8 Å². The van der Waals surface area contributed by atoms with Crippen molar-refractivity contribution >= 4 is 49.9 Å². The summed E-state index contributed by atoms with van der Waals surface area (Å²) in [6.45, 7) is -0.176. The van der Waals surface area contributed by atoms with Crippen LogP contribution in [-0.4, -0.2) is 18.4 Å². The third kappa shape index (κ3) is 4.34. The van der Waals surface area contributed by atoms with E-state index in [1.165, 1.54) is 18.3 Å². The Morgan fingerprint density at radius 1 is 1.38 bits per heavy atom. The highest BCUT2D eigenvalue weighted by atomic mass is 79.9. The van der Waals surface area contributed by atoms with Crippen LogP contribution in [0.5, 0.6) is 0 Å². The van der Waals surface area contributed by atoms with Crippen molar-refractivity contribution in [3.8, 4) is 0 Å². The fourth-order valence-electron chi connectivity index (χ4n) is 1.56. The van der Waals surface area contributed by atoms with Crippen LogP contribution in [0.1, 0.15) is 5.56 Å². The summed E-state index contributed by atoms with van der Waals surface area (Å²) in [5, 5.41) is 2.91. The molecule has 0 saturated carbocycles. The lowest BCUT2D eigenvalue weighted by Crippen LogP contribution is -2.13. The molecule has 0 atom stereocenters. The van der Waals surface area contributed by atoms with Crippen molar-refractivity contribution in [2.45, 2.75) is 6.54 Å². The summed E-state index contributed by atoms with van der Waals surface area (Å²) in [5.41, 5.74) is 0.535. The van der Waals surface area contributed by atoms with Gasteiger partial charge in [0.1, 0.15) is 11.6 Å². The summed E-state index contributed by atoms with van der Waals surface area (Å²) in [4.78, 5) is 7.75. The van der Waals surface area contributed by atoms with Crippen LogP contribution in [0.25, 0.3) is 0 Å². The molecule has 0 unspecified atom stereocenters. The molecule has 0 fully saturated rings. The van der Waals surface area contributed by atoms with Gasteiger partial charge in [-0.2, -0.15) is 4.98 Å². The lowest BCUT2D eigenvalue weighted by Gasteiger charge is -2.12. The zero-order chi connectivity index (χ0) is 15.4. The summed E-state index contributed by atoms with van der Waals surface area (Å²) >= 11 is 8.95. The van der Waals surface area contributed by atoms with Gasteiger partial charge in [-0.25, -0.2) is 22.5 Å². The van der Waals surface area contributed by atoms with Crippen LogP contribution < -0.4 is 10.0 Å². The van der Waals surface area contributed by atoms with Gasteiger partial charge in [-0.3, -0.25) is 0 Å². The van der Waals surface area contributed by atoms with Crippen LogP contribution >= 0.6 is 27.5 Å². The summed E-state index contributed by atoms with van der Waals surface area (Å²) in [7, 11) is -2.82. The lowest BCUT2D eigenvalue weighted by atomic mass is 10.1. The number of halogens is 3. The summed E-state index contributed by atoms with van der Waals surface area (Å²) in [5.74, 6) is -0.200. The van der Waals surface area contributed by atoms with Gasteiger partial charge in [0.25, 0.3) is 0 Å². The molecule has 1 aromatic carbocycles. The SMILES string of the molecule is O=[SH](=O)NCc1c(F)cccc1Nc1nc(Cl)ncc1Br. The second-order valence-corrected chi connectivity index (χ2v) is 5.84. The van der Waals surface area contributed by atoms with Crippen molar-refractivity contribution in [2.24, 2.45) is 0 Å². The maximum Gasteiger partial charge on any atom is 0.224 e. The number of hydrogen-bond donors (Lipinski definition) is 3. The second-order valence-electron chi connectivity index (χ2n) is 3.82. The normalized spacial score (nSPS) is 10.9. The monoisotopic (exact) mass is 394 g/mol. The van der Waals surface area contributed by atoms with Crippen molar-refractivity contribution in [1.82, 2.24) is 14.7 Å². The number of benzene rings is 1. The number of nitrogens with one attached hydrogen (secondary N) is 2. The maximum absolute atomic E-state index is 13.8. The smallest absolute Gasteiger partial charge is 0.224 e. The molecular weight excluding hydrogens is 387 g/mol. The van der Waals surface area contributed by atoms with E-state index in [1.807, 2.05) is 0 Å². The Kier molecular flexibility index (Phi) is 5.45. The minimum absolute atomic E-state index is 0.0272. The first-order valence-electron chi connectivity index (χ1n) is 5.57. The zero-order valence-electron chi connectivity index (χ0n) is 10.3. The number of nitrogens with zero attached hydrogens (tertiary/aromatic N) is 2. The van der Waals surface area contributed by atoms with E-state index in [0.29, 0.717) is 16.0 Å². The van der Waals surface area contributed by atoms with E-state index in [1.54, 1.807) is 6.07 Å². The zero-order valence-corrected chi connectivity index (χ0v) is 13.5. The largest absolute Gasteiger partial charge is 0.339 e. The molecule has 112 valence electrons. The highest BCUT2D eigenvalue weighted by molar-refractivity contribution is 9.10. The van der Waals surface area contributed by atoms with Crippen LogP contribution in [0.4, 0.5) is 15.9 Å². The molecule has 0 saturated heterocycles. The maximum atomic E-state index is 13.8. The van der Waals surface area contributed by atoms with Crippen molar-refractivity contribution in [3.63, 3.8) is 0 Å². The van der Waals surface area contributed by atoms with Crippen LogP contribution in [0, 0.1) is 5.82 Å². The molecule has 2 rings (SSSR count). The molecule has 0 bridgehead atoms. The average Bonchev–Trinajstić information content (AvgIpc) is 2.42. The summed E-state index contributed by atoms with van der Waals surface area (Å²) < 4.78 is 37.7. The van der Waals surface area contributed by atoms with Gasteiger partial charge in [-0.15, -0.1) is 0 Å². The van der Waals surface area contributed by atoms with Gasteiger partial charge in [0.2, 0.25) is 16.2 Å². The van der Waals surface area contributed by atoms with Crippen molar-refractivity contribution < 1.29 is 12.8 Å². The molecule has 10 heteroatoms. The molecule has 0 aliphatic heterocycles. The van der Waals surface area contributed by atoms with Crippen LogP contribution in [0.3, 0.4) is 0 Å². The van der Waals surface area contributed by atoms with E-state index in [4.69, 9.17) is 11.6 Å². The van der Waals surface area contributed by atoms with Crippen molar-refractivity contribution in [1.29, 1.82) is 0 Å². The summed E-state index contributed by atoms with van der Waals surface area (Å²) in [6, 6.07) is 4.33. The average molecular weight is 396 g/mol. The van der Waals surface area contributed by atoms with E-state index in [-0.39, 0.29) is 17.4 Å². The topological polar surface area (TPSA) is 84.0 Å². The van der Waals surface area contributed by atoms with E-state index in [2.05, 4.69) is 35.9 Å². The Hall–Kier alpha value is -1.29. The Morgan fingerprint density at radius 3 is 2.86 bits per heavy atom. The molecule has 0 spiro atoms. The first kappa shape index (κ1) is 16.1. The number of anilines is 2. The molecule has 0 radical (unpaired) electrons. The second kappa shape index (κ2) is 7.12. The predicted octanol–water partition coefficient (Wildman–Crippen LogP) is 2.39. The quantitative estimate of drug-likeness (QED) is 0.535. The van der Waals surface area contributed by atoms with Gasteiger partial charge < -0.3 is 5.32 Å². The highest BCUT2D eigenvalue weighted by Gasteiger charge is 2.11. The molecule has 1 heterocycles. The van der Waals surface area contributed by atoms with Gasteiger partial charge in [0.05, 0.1) is 4.47 Å². The first-order valence-corrected chi connectivity index (χ1v) is 7.92. The Morgan fingerprint density at radius 2 is 2.14 bits per heavy atom. The van der Waals surface area contributed by atoms with Gasteiger partial charge in [0, 0.05) is 24.0 Å². The van der Waals surface area contributed by atoms with Crippen molar-refractivity contribution in [2.75, 3.05) is 5.32 Å². The minimum Gasteiger partial charge on any atom is -0.339 e. The molecule has 2 aromatic rings.